The molecule has 0 bridgehead atoms. The third-order valence-corrected chi connectivity index (χ3v) is 8.16. The average Bonchev–Trinajstić information content (AvgIpc) is 4.05. The predicted molar refractivity (Wildman–Crippen MR) is 189 cm³/mol. The van der Waals surface area contributed by atoms with Crippen LogP contribution in [0.25, 0.3) is 45.4 Å². The van der Waals surface area contributed by atoms with Crippen LogP contribution in [0.15, 0.2) is 106 Å². The van der Waals surface area contributed by atoms with Crippen LogP contribution in [0.2, 0.25) is 0 Å². The zero-order valence-corrected chi connectivity index (χ0v) is 28.1. The summed E-state index contributed by atoms with van der Waals surface area (Å²) in [6.45, 7) is 3.61. The van der Waals surface area contributed by atoms with Gasteiger partial charge in [0.2, 0.25) is 0 Å². The maximum absolute atomic E-state index is 9.79. The highest BCUT2D eigenvalue weighted by atomic mass is 15.5. The molecule has 9 aromatic rings. The lowest BCUT2D eigenvalue weighted by Gasteiger charge is -2.04. The Balaban J connectivity index is 1.10. The van der Waals surface area contributed by atoms with Gasteiger partial charge in [0.25, 0.3) is 0 Å². The molecule has 9 rings (SSSR count). The quantitative estimate of drug-likeness (QED) is 0.171. The van der Waals surface area contributed by atoms with Crippen LogP contribution < -0.4 is 0 Å². The molecule has 1 aromatic carbocycles. The van der Waals surface area contributed by atoms with Gasteiger partial charge in [0.15, 0.2) is 45.9 Å². The van der Waals surface area contributed by atoms with Gasteiger partial charge in [-0.3, -0.25) is 0 Å². The number of hydrogen-bond donors (Lipinski definition) is 2. The van der Waals surface area contributed by atoms with E-state index in [1.54, 1.807) is 50.5 Å². The van der Waals surface area contributed by atoms with Crippen molar-refractivity contribution in [3.63, 3.8) is 0 Å². The van der Waals surface area contributed by atoms with Crippen molar-refractivity contribution in [1.82, 2.24) is 69.2 Å². The van der Waals surface area contributed by atoms with Gasteiger partial charge in [-0.2, -0.15) is 30.1 Å². The van der Waals surface area contributed by atoms with E-state index in [-0.39, 0.29) is 22.8 Å². The molecule has 0 amide bonds. The summed E-state index contributed by atoms with van der Waals surface area (Å²) in [6, 6.07) is 22.4. The Bertz CT molecular complexity index is 2770. The number of aromatic nitrogens is 14. The topological polar surface area (TPSA) is 250 Å². The Kier molecular flexibility index (Phi) is 7.38. The van der Waals surface area contributed by atoms with Gasteiger partial charge in [0.1, 0.15) is 46.3 Å². The van der Waals surface area contributed by atoms with Crippen LogP contribution in [-0.4, -0.2) is 69.2 Å². The van der Waals surface area contributed by atoms with E-state index in [9.17, 15) is 10.5 Å². The van der Waals surface area contributed by atoms with Crippen molar-refractivity contribution < 1.29 is 0 Å². The van der Waals surface area contributed by atoms with Crippen LogP contribution in [0.5, 0.6) is 0 Å². The second-order valence-corrected chi connectivity index (χ2v) is 11.7. The summed E-state index contributed by atoms with van der Waals surface area (Å²) in [6.07, 6.45) is 6.07. The minimum atomic E-state index is 0.207. The monoisotopic (exact) mass is 710 g/mol. The van der Waals surface area contributed by atoms with Gasteiger partial charge in [0, 0.05) is 23.5 Å². The van der Waals surface area contributed by atoms with Crippen LogP contribution in [0.1, 0.15) is 22.8 Å². The number of nitriles is 2. The van der Waals surface area contributed by atoms with E-state index in [0.717, 1.165) is 0 Å². The molecule has 2 N–H and O–H groups in total. The third kappa shape index (κ3) is 5.32. The first-order valence-corrected chi connectivity index (χ1v) is 16.1. The van der Waals surface area contributed by atoms with E-state index in [2.05, 4.69) is 72.9 Å². The van der Waals surface area contributed by atoms with E-state index in [1.807, 2.05) is 36.4 Å². The Morgan fingerprint density at radius 3 is 1.41 bits per heavy atom. The zero-order chi connectivity index (χ0) is 36.8. The highest BCUT2D eigenvalue weighted by Crippen LogP contribution is 2.38. The Hall–Kier alpha value is -8.52. The van der Waals surface area contributed by atoms with Gasteiger partial charge < -0.3 is 9.97 Å². The summed E-state index contributed by atoms with van der Waals surface area (Å²) in [5, 5.41) is 64.6. The molecule has 0 spiro atoms. The first kappa shape index (κ1) is 31.5. The van der Waals surface area contributed by atoms with Crippen LogP contribution in [0, 0.1) is 36.5 Å². The van der Waals surface area contributed by atoms with Crippen molar-refractivity contribution in [2.75, 3.05) is 0 Å². The molecular weight excluding hydrogens is 689 g/mol. The fourth-order valence-electron chi connectivity index (χ4n) is 5.72. The van der Waals surface area contributed by atoms with Gasteiger partial charge in [0.05, 0.1) is 12.4 Å². The van der Waals surface area contributed by atoms with Crippen molar-refractivity contribution in [3.8, 4) is 46.3 Å². The summed E-state index contributed by atoms with van der Waals surface area (Å²) >= 11 is 0. The van der Waals surface area contributed by atoms with E-state index in [1.165, 1.54) is 31.0 Å². The number of rotatable bonds is 8. The van der Waals surface area contributed by atoms with E-state index < -0.39 is 0 Å². The summed E-state index contributed by atoms with van der Waals surface area (Å²) in [5.74, 6) is 2.62. The van der Waals surface area contributed by atoms with Crippen molar-refractivity contribution in [2.45, 2.75) is 13.8 Å². The van der Waals surface area contributed by atoms with Gasteiger partial charge in [-0.15, -0.1) is 50.1 Å². The van der Waals surface area contributed by atoms with Gasteiger partial charge >= 0.3 is 0 Å². The number of aryl methyl sites for hydroxylation is 2. The summed E-state index contributed by atoms with van der Waals surface area (Å²) in [4.78, 5) is 15.1. The highest BCUT2D eigenvalue weighted by Gasteiger charge is 2.22. The van der Waals surface area contributed by atoms with Crippen LogP contribution in [0.4, 0.5) is 23.0 Å². The minimum absolute atomic E-state index is 0.207. The lowest BCUT2D eigenvalue weighted by Crippen LogP contribution is -1.97. The second kappa shape index (κ2) is 12.7. The predicted octanol–water partition coefficient (Wildman–Crippen LogP) is 6.11. The molecule has 0 radical (unpaired) electrons. The molecule has 0 aliphatic rings. The minimum Gasteiger partial charge on any atom is -0.324 e. The molecule has 0 unspecified atom stereocenters. The number of nitrogens with one attached hydrogen (secondary N) is 2. The van der Waals surface area contributed by atoms with Crippen molar-refractivity contribution in [3.05, 3.63) is 108 Å². The zero-order valence-electron chi connectivity index (χ0n) is 28.1. The van der Waals surface area contributed by atoms with E-state index >= 15 is 0 Å². The van der Waals surface area contributed by atoms with Gasteiger partial charge in [-0.1, -0.05) is 36.4 Å². The SMILES string of the molecule is Cc1nn2nc(-c3ccc(-c4nn5nc(C)[nH]c5c4/N=N/c4c(C#N)cnn4-c4ccccn4)cc3)c(/N=N/c3c(C#N)cnn3-c3ccccn3)c2[nH]1. The molecule has 0 fully saturated rings. The highest BCUT2D eigenvalue weighted by molar-refractivity contribution is 5.86. The summed E-state index contributed by atoms with van der Waals surface area (Å²) in [7, 11) is 0. The smallest absolute Gasteiger partial charge is 0.197 e. The molecule has 0 atom stereocenters. The van der Waals surface area contributed by atoms with Gasteiger partial charge in [-0.25, -0.2) is 9.97 Å². The largest absolute Gasteiger partial charge is 0.324 e. The first-order chi connectivity index (χ1) is 26.5. The molecule has 0 saturated carbocycles. The number of aromatic amines is 2. The fourth-order valence-corrected chi connectivity index (χ4v) is 5.72. The number of nitrogens with zero attached hydrogens (tertiary/aromatic N) is 18. The summed E-state index contributed by atoms with van der Waals surface area (Å²) in [5.41, 5.74) is 4.59. The lowest BCUT2D eigenvalue weighted by atomic mass is 10.1. The Morgan fingerprint density at radius 1 is 0.574 bits per heavy atom. The number of azo groups is 2. The maximum atomic E-state index is 9.79. The lowest BCUT2D eigenvalue weighted by molar-refractivity contribution is 0.809. The number of H-pyrrole nitrogens is 2. The molecule has 0 saturated heterocycles. The molecular formula is C34H22N20. The number of benzene rings is 1. The molecule has 258 valence electrons. The molecule has 0 aliphatic heterocycles. The van der Waals surface area contributed by atoms with Crippen LogP contribution in [0.3, 0.4) is 0 Å². The van der Waals surface area contributed by atoms with E-state index in [0.29, 0.717) is 68.5 Å². The average molecular weight is 711 g/mol. The molecule has 20 nitrogen and oxygen atoms in total. The van der Waals surface area contributed by atoms with Crippen LogP contribution >= 0.6 is 0 Å². The standard InChI is InChI=1S/C34H22N20/c1-19-41-33-29(43-45-31-23(15-35)17-39-51(31)25-7-3-5-13-37-25)27(49-53(33)47-19)21-9-11-22(12-10-21)28-30(34-42-20(2)48-54(34)50-28)44-46-32-24(16-36)18-40-52(32)26-8-4-6-14-38-26/h3-14,17-18H,1-2H3,(H,41,47)(H,42,48)/b45-43+,46-44+. The maximum Gasteiger partial charge on any atom is 0.197 e. The fraction of sp³-hybridized carbons (Fsp3) is 0.0588. The van der Waals surface area contributed by atoms with E-state index in [4.69, 9.17) is 10.2 Å². The Labute approximate surface area is 302 Å². The Morgan fingerprint density at radius 2 is 1.02 bits per heavy atom. The number of hydrogen-bond acceptors (Lipinski definition) is 14. The van der Waals surface area contributed by atoms with Crippen molar-refractivity contribution in [1.29, 1.82) is 10.5 Å². The summed E-state index contributed by atoms with van der Waals surface area (Å²) < 4.78 is 5.79. The molecule has 0 aliphatic carbocycles. The third-order valence-electron chi connectivity index (χ3n) is 8.16. The molecule has 54 heavy (non-hydrogen) atoms. The molecule has 8 heterocycles. The number of pyridine rings is 2. The second-order valence-electron chi connectivity index (χ2n) is 11.7. The van der Waals surface area contributed by atoms with Crippen molar-refractivity contribution in [2.24, 2.45) is 20.5 Å². The first-order valence-electron chi connectivity index (χ1n) is 16.1. The normalized spacial score (nSPS) is 11.7. The van der Waals surface area contributed by atoms with Crippen molar-refractivity contribution >= 4 is 34.3 Å². The molecule has 8 aromatic heterocycles. The number of fused-ring (bicyclic) bond motifs is 2. The van der Waals surface area contributed by atoms with Gasteiger partial charge in [-0.05, 0) is 38.1 Å². The molecule has 20 heteroatoms. The van der Waals surface area contributed by atoms with Crippen LogP contribution in [-0.2, 0) is 0 Å².